The van der Waals surface area contributed by atoms with Gasteiger partial charge in [0.1, 0.15) is 16.6 Å². The number of halogens is 2. The van der Waals surface area contributed by atoms with Gasteiger partial charge in [-0.15, -0.1) is 11.3 Å². The maximum absolute atomic E-state index is 13.9. The highest BCUT2D eigenvalue weighted by molar-refractivity contribution is 7.09. The minimum absolute atomic E-state index is 0.209. The third-order valence-corrected chi connectivity index (χ3v) is 4.14. The summed E-state index contributed by atoms with van der Waals surface area (Å²) in [6.45, 7) is 1.42. The van der Waals surface area contributed by atoms with Crippen LogP contribution in [0.15, 0.2) is 23.7 Å². The van der Waals surface area contributed by atoms with Crippen LogP contribution in [-0.2, 0) is 13.1 Å². The molecule has 0 aliphatic carbocycles. The molecule has 3 nitrogen and oxygen atoms in total. The topological polar surface area (TPSA) is 42.1 Å². The predicted octanol–water partition coefficient (Wildman–Crippen LogP) is 2.44. The standard InChI is InChI=1S/C13H13F2N3S/c14-9-3-8-6-18(7-12-17-1-2-19-12)11(5-16)13(8)10(15)4-9/h1-4,11H,5-7,16H2. The Labute approximate surface area is 113 Å². The highest BCUT2D eigenvalue weighted by atomic mass is 32.1. The van der Waals surface area contributed by atoms with Crippen LogP contribution >= 0.6 is 11.3 Å². The molecule has 0 spiro atoms. The zero-order chi connectivity index (χ0) is 13.4. The Morgan fingerprint density at radius 2 is 2.26 bits per heavy atom. The van der Waals surface area contributed by atoms with E-state index in [1.54, 1.807) is 17.5 Å². The molecule has 2 aromatic rings. The molecule has 6 heteroatoms. The summed E-state index contributed by atoms with van der Waals surface area (Å²) in [5, 5.41) is 2.85. The van der Waals surface area contributed by atoms with Crippen molar-refractivity contribution in [2.75, 3.05) is 6.54 Å². The maximum Gasteiger partial charge on any atom is 0.131 e. The van der Waals surface area contributed by atoms with Crippen LogP contribution in [0.4, 0.5) is 8.78 Å². The first-order chi connectivity index (χ1) is 9.19. The Bertz CT molecular complexity index is 586. The Kier molecular flexibility index (Phi) is 3.30. The third kappa shape index (κ3) is 2.27. The first-order valence-electron chi connectivity index (χ1n) is 5.99. The van der Waals surface area contributed by atoms with E-state index >= 15 is 0 Å². The van der Waals surface area contributed by atoms with Gasteiger partial charge in [0, 0.05) is 36.3 Å². The first-order valence-corrected chi connectivity index (χ1v) is 6.87. The van der Waals surface area contributed by atoms with E-state index < -0.39 is 11.6 Å². The monoisotopic (exact) mass is 281 g/mol. The zero-order valence-corrected chi connectivity index (χ0v) is 11.0. The van der Waals surface area contributed by atoms with E-state index in [1.165, 1.54) is 6.07 Å². The number of rotatable bonds is 3. The summed E-state index contributed by atoms with van der Waals surface area (Å²) in [4.78, 5) is 6.25. The largest absolute Gasteiger partial charge is 0.329 e. The lowest BCUT2D eigenvalue weighted by molar-refractivity contribution is 0.208. The van der Waals surface area contributed by atoms with Gasteiger partial charge < -0.3 is 5.73 Å². The summed E-state index contributed by atoms with van der Waals surface area (Å²) in [5.74, 6) is -1.05. The van der Waals surface area contributed by atoms with E-state index in [1.807, 2.05) is 10.3 Å². The molecule has 1 aromatic carbocycles. The molecule has 0 radical (unpaired) electrons. The molecule has 2 heterocycles. The van der Waals surface area contributed by atoms with Crippen molar-refractivity contribution in [2.45, 2.75) is 19.1 Å². The number of nitrogens with two attached hydrogens (primary N) is 1. The van der Waals surface area contributed by atoms with Gasteiger partial charge in [-0.05, 0) is 11.6 Å². The molecule has 0 bridgehead atoms. The van der Waals surface area contributed by atoms with Crippen molar-refractivity contribution in [3.05, 3.63) is 51.5 Å². The number of hydrogen-bond acceptors (Lipinski definition) is 4. The molecule has 0 amide bonds. The Balaban J connectivity index is 1.92. The quantitative estimate of drug-likeness (QED) is 0.939. The van der Waals surface area contributed by atoms with Gasteiger partial charge in [-0.2, -0.15) is 0 Å². The SMILES string of the molecule is NCC1c2c(F)cc(F)cc2CN1Cc1nccs1. The third-order valence-electron chi connectivity index (χ3n) is 3.37. The fourth-order valence-electron chi connectivity index (χ4n) is 2.59. The second-order valence-corrected chi connectivity index (χ2v) is 5.52. The molecule has 0 fully saturated rings. The van der Waals surface area contributed by atoms with Crippen molar-refractivity contribution < 1.29 is 8.78 Å². The van der Waals surface area contributed by atoms with E-state index in [9.17, 15) is 8.78 Å². The van der Waals surface area contributed by atoms with Gasteiger partial charge in [-0.1, -0.05) is 0 Å². The molecule has 0 saturated carbocycles. The summed E-state index contributed by atoms with van der Waals surface area (Å²) in [6.07, 6.45) is 1.74. The second-order valence-electron chi connectivity index (χ2n) is 4.54. The van der Waals surface area contributed by atoms with Crippen molar-refractivity contribution in [1.82, 2.24) is 9.88 Å². The fourth-order valence-corrected chi connectivity index (χ4v) is 3.23. The molecule has 1 atom stereocenters. The van der Waals surface area contributed by atoms with Crippen LogP contribution in [0.5, 0.6) is 0 Å². The van der Waals surface area contributed by atoms with Gasteiger partial charge in [0.25, 0.3) is 0 Å². The van der Waals surface area contributed by atoms with Crippen LogP contribution in [0.2, 0.25) is 0 Å². The average molecular weight is 281 g/mol. The van der Waals surface area contributed by atoms with E-state index in [4.69, 9.17) is 5.73 Å². The average Bonchev–Trinajstić information content (AvgIpc) is 2.96. The lowest BCUT2D eigenvalue weighted by Crippen LogP contribution is -2.27. The van der Waals surface area contributed by atoms with Crippen molar-refractivity contribution >= 4 is 11.3 Å². The molecule has 0 saturated heterocycles. The summed E-state index contributed by atoms with van der Waals surface area (Å²) in [5.41, 5.74) is 6.97. The molecular weight excluding hydrogens is 268 g/mol. The molecule has 2 N–H and O–H groups in total. The number of aromatic nitrogens is 1. The van der Waals surface area contributed by atoms with Crippen LogP contribution in [0.25, 0.3) is 0 Å². The van der Waals surface area contributed by atoms with E-state index in [-0.39, 0.29) is 6.04 Å². The Hall–Kier alpha value is -1.37. The summed E-state index contributed by atoms with van der Waals surface area (Å²) < 4.78 is 27.2. The van der Waals surface area contributed by atoms with Crippen LogP contribution in [0, 0.1) is 11.6 Å². The van der Waals surface area contributed by atoms with Crippen LogP contribution in [0.3, 0.4) is 0 Å². The fraction of sp³-hybridized carbons (Fsp3) is 0.308. The Morgan fingerprint density at radius 3 is 2.95 bits per heavy atom. The molecule has 1 aromatic heterocycles. The summed E-state index contributed by atoms with van der Waals surface area (Å²) in [6, 6.07) is 2.11. The number of benzene rings is 1. The van der Waals surface area contributed by atoms with Crippen molar-refractivity contribution in [1.29, 1.82) is 0 Å². The van der Waals surface area contributed by atoms with Gasteiger partial charge in [-0.25, -0.2) is 13.8 Å². The van der Waals surface area contributed by atoms with E-state index in [0.29, 0.717) is 30.8 Å². The predicted molar refractivity (Wildman–Crippen MR) is 69.5 cm³/mol. The minimum atomic E-state index is -0.539. The van der Waals surface area contributed by atoms with E-state index in [2.05, 4.69) is 4.98 Å². The maximum atomic E-state index is 13.9. The highest BCUT2D eigenvalue weighted by Gasteiger charge is 2.32. The Morgan fingerprint density at radius 1 is 1.42 bits per heavy atom. The molecule has 3 rings (SSSR count). The number of thiazole rings is 1. The van der Waals surface area contributed by atoms with Gasteiger partial charge >= 0.3 is 0 Å². The molecular formula is C13H13F2N3S. The van der Waals surface area contributed by atoms with Gasteiger partial charge in [0.2, 0.25) is 0 Å². The smallest absolute Gasteiger partial charge is 0.131 e. The van der Waals surface area contributed by atoms with Crippen molar-refractivity contribution in [3.8, 4) is 0 Å². The molecule has 1 aliphatic heterocycles. The number of nitrogens with zero attached hydrogens (tertiary/aromatic N) is 2. The lowest BCUT2D eigenvalue weighted by Gasteiger charge is -2.22. The number of fused-ring (bicyclic) bond motifs is 1. The van der Waals surface area contributed by atoms with Gasteiger partial charge in [0.15, 0.2) is 0 Å². The first kappa shape index (κ1) is 12.7. The second kappa shape index (κ2) is 4.96. The van der Waals surface area contributed by atoms with Crippen molar-refractivity contribution in [2.24, 2.45) is 5.73 Å². The van der Waals surface area contributed by atoms with Crippen LogP contribution < -0.4 is 5.73 Å². The van der Waals surface area contributed by atoms with Crippen LogP contribution in [-0.4, -0.2) is 16.4 Å². The zero-order valence-electron chi connectivity index (χ0n) is 10.1. The summed E-state index contributed by atoms with van der Waals surface area (Å²) in [7, 11) is 0. The highest BCUT2D eigenvalue weighted by Crippen LogP contribution is 2.36. The molecule has 1 unspecified atom stereocenters. The van der Waals surface area contributed by atoms with E-state index in [0.717, 1.165) is 11.1 Å². The van der Waals surface area contributed by atoms with Crippen LogP contribution in [0.1, 0.15) is 22.2 Å². The minimum Gasteiger partial charge on any atom is -0.329 e. The van der Waals surface area contributed by atoms with Gasteiger partial charge in [-0.3, -0.25) is 4.90 Å². The molecule has 100 valence electrons. The number of hydrogen-bond donors (Lipinski definition) is 1. The molecule has 19 heavy (non-hydrogen) atoms. The summed E-state index contributed by atoms with van der Waals surface area (Å²) >= 11 is 1.55. The normalized spacial score (nSPS) is 18.8. The van der Waals surface area contributed by atoms with Crippen molar-refractivity contribution in [3.63, 3.8) is 0 Å². The lowest BCUT2D eigenvalue weighted by atomic mass is 10.0. The van der Waals surface area contributed by atoms with Gasteiger partial charge in [0.05, 0.1) is 12.6 Å². The molecule has 1 aliphatic rings.